The highest BCUT2D eigenvalue weighted by Gasteiger charge is 2.67. The molecule has 4 fully saturated rings. The van der Waals surface area contributed by atoms with Crippen molar-refractivity contribution in [2.45, 2.75) is 44.6 Å². The summed E-state index contributed by atoms with van der Waals surface area (Å²) in [5.74, 6) is 1.61. The van der Waals surface area contributed by atoms with Crippen molar-refractivity contribution >= 4 is 23.4 Å². The third-order valence-corrected chi connectivity index (χ3v) is 9.51. The molecule has 1 aromatic carbocycles. The first kappa shape index (κ1) is 22.0. The van der Waals surface area contributed by atoms with Crippen molar-refractivity contribution in [2.24, 2.45) is 41.4 Å². The summed E-state index contributed by atoms with van der Waals surface area (Å²) in [7, 11) is 0. The molecule has 5 aliphatic carbocycles. The second-order valence-corrected chi connectivity index (χ2v) is 11.4. The van der Waals surface area contributed by atoms with Gasteiger partial charge in [0.1, 0.15) is 0 Å². The number of allylic oxidation sites excluding steroid dienone is 2. The van der Waals surface area contributed by atoms with E-state index >= 15 is 0 Å². The molecule has 2 heterocycles. The van der Waals surface area contributed by atoms with Gasteiger partial charge in [0.05, 0.1) is 11.8 Å². The van der Waals surface area contributed by atoms with Crippen molar-refractivity contribution in [2.75, 3.05) is 5.32 Å². The number of rotatable bonds is 5. The number of pyridine rings is 1. The largest absolute Gasteiger partial charge is 0.326 e. The SMILES string of the molecule is O=C(Nc1ccc(Cc2ccncc2)cc1)C1CCC(N2C(=O)[C@@H]3[C@H]4C=C[C@@H]([C@@H]5C[C@H]45)[C@@H]3C2=O)CC1. The van der Waals surface area contributed by atoms with Gasteiger partial charge in [0.25, 0.3) is 0 Å². The Morgan fingerprint density at radius 3 is 2.03 bits per heavy atom. The van der Waals surface area contributed by atoms with Crippen LogP contribution in [0.4, 0.5) is 5.69 Å². The van der Waals surface area contributed by atoms with Crippen LogP contribution in [0, 0.1) is 41.4 Å². The van der Waals surface area contributed by atoms with E-state index in [9.17, 15) is 14.4 Å². The van der Waals surface area contributed by atoms with Crippen LogP contribution >= 0.6 is 0 Å². The number of likely N-dealkylation sites (tertiary alicyclic amines) is 1. The lowest BCUT2D eigenvalue weighted by Crippen LogP contribution is -2.44. The van der Waals surface area contributed by atoms with E-state index in [2.05, 4.69) is 22.5 Å². The number of nitrogens with one attached hydrogen (secondary N) is 1. The molecule has 36 heavy (non-hydrogen) atoms. The number of carbonyl (C=O) groups excluding carboxylic acids is 3. The van der Waals surface area contributed by atoms with E-state index in [0.717, 1.165) is 24.9 Å². The average Bonchev–Trinajstić information content (AvgIpc) is 3.69. The van der Waals surface area contributed by atoms with Gasteiger partial charge in [0.15, 0.2) is 0 Å². The van der Waals surface area contributed by atoms with Gasteiger partial charge < -0.3 is 5.32 Å². The van der Waals surface area contributed by atoms with E-state index < -0.39 is 0 Å². The van der Waals surface area contributed by atoms with Crippen LogP contribution in [0.3, 0.4) is 0 Å². The molecule has 6 nitrogen and oxygen atoms in total. The molecule has 184 valence electrons. The third kappa shape index (κ3) is 3.53. The maximum atomic E-state index is 13.4. The molecule has 0 radical (unpaired) electrons. The van der Waals surface area contributed by atoms with Gasteiger partial charge in [-0.25, -0.2) is 0 Å². The molecule has 1 aromatic heterocycles. The molecular formula is C30H31N3O3. The van der Waals surface area contributed by atoms with Gasteiger partial charge in [-0.3, -0.25) is 24.3 Å². The van der Waals surface area contributed by atoms with Crippen LogP contribution < -0.4 is 5.32 Å². The number of carbonyl (C=O) groups is 3. The lowest BCUT2D eigenvalue weighted by Gasteiger charge is -2.37. The van der Waals surface area contributed by atoms with Crippen LogP contribution in [0.2, 0.25) is 0 Å². The Balaban J connectivity index is 0.950. The van der Waals surface area contributed by atoms with Crippen molar-refractivity contribution in [3.63, 3.8) is 0 Å². The van der Waals surface area contributed by atoms with Gasteiger partial charge in [-0.05, 0) is 97.6 Å². The highest BCUT2D eigenvalue weighted by atomic mass is 16.2. The lowest BCUT2D eigenvalue weighted by molar-refractivity contribution is -0.144. The minimum absolute atomic E-state index is 0.0328. The van der Waals surface area contributed by atoms with Crippen molar-refractivity contribution in [1.29, 1.82) is 0 Å². The molecule has 2 bridgehead atoms. The first-order valence-electron chi connectivity index (χ1n) is 13.4. The molecule has 1 N–H and O–H groups in total. The van der Waals surface area contributed by atoms with Gasteiger partial charge in [-0.2, -0.15) is 0 Å². The zero-order chi connectivity index (χ0) is 24.4. The van der Waals surface area contributed by atoms with E-state index in [1.807, 2.05) is 36.4 Å². The number of hydrogen-bond acceptors (Lipinski definition) is 4. The van der Waals surface area contributed by atoms with Gasteiger partial charge >= 0.3 is 0 Å². The van der Waals surface area contributed by atoms with E-state index in [4.69, 9.17) is 0 Å². The van der Waals surface area contributed by atoms with Crippen molar-refractivity contribution in [1.82, 2.24) is 9.88 Å². The predicted octanol–water partition coefficient (Wildman–Crippen LogP) is 4.22. The number of amides is 3. The summed E-state index contributed by atoms with van der Waals surface area (Å²) in [6, 6.07) is 12.0. The van der Waals surface area contributed by atoms with Gasteiger partial charge in [-0.1, -0.05) is 24.3 Å². The monoisotopic (exact) mass is 481 g/mol. The number of benzene rings is 1. The Hall–Kier alpha value is -3.28. The summed E-state index contributed by atoms with van der Waals surface area (Å²) in [5, 5.41) is 3.07. The Morgan fingerprint density at radius 2 is 1.42 bits per heavy atom. The molecule has 6 aliphatic rings. The summed E-state index contributed by atoms with van der Waals surface area (Å²) >= 11 is 0. The summed E-state index contributed by atoms with van der Waals surface area (Å²) in [6.07, 6.45) is 12.9. The van der Waals surface area contributed by atoms with Crippen LogP contribution in [-0.4, -0.2) is 33.6 Å². The van der Waals surface area contributed by atoms with Crippen LogP contribution in [0.25, 0.3) is 0 Å². The number of aromatic nitrogens is 1. The predicted molar refractivity (Wildman–Crippen MR) is 134 cm³/mol. The Kier molecular flexibility index (Phi) is 5.12. The summed E-state index contributed by atoms with van der Waals surface area (Å²) < 4.78 is 0. The maximum Gasteiger partial charge on any atom is 0.233 e. The smallest absolute Gasteiger partial charge is 0.233 e. The zero-order valence-electron chi connectivity index (χ0n) is 20.3. The molecule has 0 spiro atoms. The molecule has 3 amide bonds. The minimum Gasteiger partial charge on any atom is -0.326 e. The topological polar surface area (TPSA) is 79.4 Å². The first-order chi connectivity index (χ1) is 17.6. The maximum absolute atomic E-state index is 13.4. The molecule has 1 saturated heterocycles. The number of hydrogen-bond donors (Lipinski definition) is 1. The Bertz CT molecular complexity index is 1200. The summed E-state index contributed by atoms with van der Waals surface area (Å²) in [6.45, 7) is 0. The fourth-order valence-electron chi connectivity index (χ4n) is 7.62. The molecule has 1 aliphatic heterocycles. The molecule has 8 rings (SSSR count). The molecule has 2 aromatic rings. The quantitative estimate of drug-likeness (QED) is 0.512. The zero-order valence-corrected chi connectivity index (χ0v) is 20.3. The normalized spacial score (nSPS) is 35.9. The Labute approximate surface area is 211 Å². The van der Waals surface area contributed by atoms with Crippen molar-refractivity contribution in [3.8, 4) is 0 Å². The van der Waals surface area contributed by atoms with Gasteiger partial charge in [0.2, 0.25) is 17.7 Å². The van der Waals surface area contributed by atoms with Crippen LogP contribution in [-0.2, 0) is 20.8 Å². The van der Waals surface area contributed by atoms with Crippen LogP contribution in [0.5, 0.6) is 0 Å². The van der Waals surface area contributed by atoms with E-state index in [1.54, 1.807) is 17.3 Å². The van der Waals surface area contributed by atoms with E-state index in [-0.39, 0.29) is 53.4 Å². The van der Waals surface area contributed by atoms with Crippen LogP contribution in [0.1, 0.15) is 43.2 Å². The molecule has 6 atom stereocenters. The molecule has 0 unspecified atom stereocenters. The minimum atomic E-state index is -0.126. The first-order valence-corrected chi connectivity index (χ1v) is 13.4. The summed E-state index contributed by atoms with van der Waals surface area (Å²) in [4.78, 5) is 45.4. The fourth-order valence-corrected chi connectivity index (χ4v) is 7.62. The molecule has 3 saturated carbocycles. The third-order valence-electron chi connectivity index (χ3n) is 9.51. The van der Waals surface area contributed by atoms with E-state index in [0.29, 0.717) is 24.7 Å². The van der Waals surface area contributed by atoms with Gasteiger partial charge in [0, 0.05) is 30.0 Å². The van der Waals surface area contributed by atoms with Crippen molar-refractivity contribution < 1.29 is 14.4 Å². The fraction of sp³-hybridized carbons (Fsp3) is 0.467. The molecule has 6 heteroatoms. The Morgan fingerprint density at radius 1 is 0.833 bits per heavy atom. The summed E-state index contributed by atoms with van der Waals surface area (Å²) in [5.41, 5.74) is 3.19. The number of anilines is 1. The highest BCUT2D eigenvalue weighted by molar-refractivity contribution is 6.06. The second-order valence-electron chi connectivity index (χ2n) is 11.4. The van der Waals surface area contributed by atoms with Crippen molar-refractivity contribution in [3.05, 3.63) is 72.1 Å². The van der Waals surface area contributed by atoms with E-state index in [1.165, 1.54) is 17.5 Å². The number of nitrogens with zero attached hydrogens (tertiary/aromatic N) is 2. The number of imide groups is 1. The van der Waals surface area contributed by atoms with Gasteiger partial charge in [-0.15, -0.1) is 0 Å². The average molecular weight is 482 g/mol. The highest BCUT2D eigenvalue weighted by Crippen LogP contribution is 2.65. The van der Waals surface area contributed by atoms with Crippen LogP contribution in [0.15, 0.2) is 60.9 Å². The molecular weight excluding hydrogens is 450 g/mol. The lowest BCUT2D eigenvalue weighted by atomic mass is 9.63. The second kappa shape index (κ2) is 8.39. The standard InChI is InChI=1S/C30H31N3O3/c34-28(32-20-5-1-17(2-6-20)15-18-11-13-31-14-12-18)19-3-7-21(8-4-19)33-29(35)26-22-9-10-23(25-16-24(22)25)27(26)30(33)36/h1-2,5-6,9-14,19,21-27H,3-4,7-8,15-16H2,(H,32,34)/t19?,21?,22-,23-,24-,25+,26-,27+/m0/s1.